The highest BCUT2D eigenvalue weighted by Crippen LogP contribution is 2.25. The lowest BCUT2D eigenvalue weighted by atomic mass is 10.2. The number of carbonyl (C=O) groups excluding carboxylic acids is 1. The normalized spacial score (nSPS) is 12.9. The molecule has 5 nitrogen and oxygen atoms in total. The van der Waals surface area contributed by atoms with E-state index in [1.165, 1.54) is 24.6 Å². The summed E-state index contributed by atoms with van der Waals surface area (Å²) in [6.45, 7) is 5.15. The summed E-state index contributed by atoms with van der Waals surface area (Å²) in [6, 6.07) is -1.01. The van der Waals surface area contributed by atoms with Crippen molar-refractivity contribution in [2.75, 3.05) is 0 Å². The van der Waals surface area contributed by atoms with Gasteiger partial charge in [0.05, 0.1) is 23.7 Å². The van der Waals surface area contributed by atoms with Crippen LogP contribution in [0.4, 0.5) is 0 Å². The van der Waals surface area contributed by atoms with E-state index in [0.717, 1.165) is 15.0 Å². The van der Waals surface area contributed by atoms with Gasteiger partial charge in [-0.2, -0.15) is 0 Å². The quantitative estimate of drug-likeness (QED) is 0.773. The molecular weight excluding hydrogens is 240 g/mol. The molecule has 6 heteroatoms. The molecule has 0 saturated carbocycles. The summed E-state index contributed by atoms with van der Waals surface area (Å²) in [5.41, 5.74) is 0.538. The molecule has 0 N–H and O–H groups in total. The van der Waals surface area contributed by atoms with Crippen molar-refractivity contribution in [2.45, 2.75) is 26.8 Å². The number of hydrogen-bond acceptors (Lipinski definition) is 5. The van der Waals surface area contributed by atoms with E-state index < -0.39 is 12.0 Å². The second-order valence-electron chi connectivity index (χ2n) is 3.92. The summed E-state index contributed by atoms with van der Waals surface area (Å²) in [4.78, 5) is 28.7. The Bertz CT molecular complexity index is 657. The molecule has 17 heavy (non-hydrogen) atoms. The van der Waals surface area contributed by atoms with Crippen LogP contribution in [0, 0.1) is 13.8 Å². The lowest BCUT2D eigenvalue weighted by Crippen LogP contribution is -2.36. The highest BCUT2D eigenvalue weighted by atomic mass is 32.1. The first-order valence-corrected chi connectivity index (χ1v) is 5.92. The molecule has 0 aliphatic heterocycles. The highest BCUT2D eigenvalue weighted by molar-refractivity contribution is 7.18. The molecule has 90 valence electrons. The van der Waals surface area contributed by atoms with E-state index in [1.807, 2.05) is 13.8 Å². The van der Waals surface area contributed by atoms with Gasteiger partial charge in [-0.25, -0.2) is 4.98 Å². The standard InChI is InChI=1S/C11H12N2O3S/c1-5-7(3)17-9-8(5)10(14)13(4-12-9)6(2)11(15)16/h4,6H,1-3H3,(H,15,16)/p-1/t6-/m1/s1. The minimum absolute atomic E-state index is 0.325. The summed E-state index contributed by atoms with van der Waals surface area (Å²) in [7, 11) is 0. The fourth-order valence-electron chi connectivity index (χ4n) is 1.64. The molecule has 0 saturated heterocycles. The molecule has 0 spiro atoms. The molecular formula is C11H11N2O3S-. The number of nitrogens with zero attached hydrogens (tertiary/aromatic N) is 2. The molecule has 0 aromatic carbocycles. The molecule has 0 fully saturated rings. The lowest BCUT2D eigenvalue weighted by molar-refractivity contribution is -0.309. The molecule has 0 aliphatic carbocycles. The molecule has 2 aromatic rings. The second kappa shape index (κ2) is 3.96. The van der Waals surface area contributed by atoms with Gasteiger partial charge >= 0.3 is 0 Å². The predicted molar refractivity (Wildman–Crippen MR) is 63.1 cm³/mol. The van der Waals surface area contributed by atoms with Crippen molar-refractivity contribution >= 4 is 27.5 Å². The van der Waals surface area contributed by atoms with Gasteiger partial charge in [-0.3, -0.25) is 9.36 Å². The fourth-order valence-corrected chi connectivity index (χ4v) is 2.62. The number of hydrogen-bond donors (Lipinski definition) is 0. The van der Waals surface area contributed by atoms with Crippen LogP contribution in [0.25, 0.3) is 10.2 Å². The molecule has 0 unspecified atom stereocenters. The first-order valence-electron chi connectivity index (χ1n) is 5.11. The molecule has 2 rings (SSSR count). The van der Waals surface area contributed by atoms with Crippen molar-refractivity contribution in [1.29, 1.82) is 0 Å². The number of aryl methyl sites for hydroxylation is 2. The van der Waals surface area contributed by atoms with Crippen LogP contribution in [-0.4, -0.2) is 15.5 Å². The molecule has 1 atom stereocenters. The Morgan fingerprint density at radius 1 is 1.53 bits per heavy atom. The topological polar surface area (TPSA) is 75.0 Å². The Hall–Kier alpha value is -1.69. The van der Waals surface area contributed by atoms with Crippen molar-refractivity contribution in [2.24, 2.45) is 0 Å². The summed E-state index contributed by atoms with van der Waals surface area (Å²) < 4.78 is 1.09. The van der Waals surface area contributed by atoms with E-state index >= 15 is 0 Å². The minimum atomic E-state index is -1.29. The Balaban J connectivity index is 2.78. The van der Waals surface area contributed by atoms with E-state index in [-0.39, 0.29) is 5.56 Å². The van der Waals surface area contributed by atoms with Crippen molar-refractivity contribution in [3.8, 4) is 0 Å². The number of rotatable bonds is 2. The number of thiophene rings is 1. The van der Waals surface area contributed by atoms with Crippen LogP contribution >= 0.6 is 11.3 Å². The van der Waals surface area contributed by atoms with E-state index in [4.69, 9.17) is 0 Å². The van der Waals surface area contributed by atoms with Crippen LogP contribution in [0.1, 0.15) is 23.4 Å². The molecule has 0 aliphatic rings. The monoisotopic (exact) mass is 251 g/mol. The maximum Gasteiger partial charge on any atom is 0.262 e. The largest absolute Gasteiger partial charge is 0.548 e. The molecule has 0 amide bonds. The molecule has 0 radical (unpaired) electrons. The van der Waals surface area contributed by atoms with Gasteiger partial charge in [0.1, 0.15) is 4.83 Å². The first kappa shape index (κ1) is 11.8. The predicted octanol–water partition coefficient (Wildman–Crippen LogP) is 0.386. The van der Waals surface area contributed by atoms with Gasteiger partial charge in [0.25, 0.3) is 5.56 Å². The molecule has 2 heterocycles. The van der Waals surface area contributed by atoms with Crippen molar-refractivity contribution in [3.05, 3.63) is 27.1 Å². The molecule has 2 aromatic heterocycles. The van der Waals surface area contributed by atoms with Crippen molar-refractivity contribution < 1.29 is 9.90 Å². The summed E-state index contributed by atoms with van der Waals surface area (Å²) in [5, 5.41) is 11.3. The van der Waals surface area contributed by atoms with Crippen LogP contribution in [-0.2, 0) is 4.79 Å². The van der Waals surface area contributed by atoms with Gasteiger partial charge in [-0.1, -0.05) is 0 Å². The Morgan fingerprint density at radius 3 is 2.76 bits per heavy atom. The first-order chi connectivity index (χ1) is 7.93. The number of aromatic nitrogens is 2. The minimum Gasteiger partial charge on any atom is -0.548 e. The zero-order valence-electron chi connectivity index (χ0n) is 9.68. The van der Waals surface area contributed by atoms with Gasteiger partial charge in [0, 0.05) is 4.88 Å². The third-order valence-corrected chi connectivity index (χ3v) is 3.99. The number of aliphatic carboxylic acids is 1. The van der Waals surface area contributed by atoms with Crippen LogP contribution in [0.5, 0.6) is 0 Å². The average molecular weight is 251 g/mol. The van der Waals surface area contributed by atoms with Gasteiger partial charge in [0.15, 0.2) is 0 Å². The van der Waals surface area contributed by atoms with E-state index in [1.54, 1.807) is 0 Å². The van der Waals surface area contributed by atoms with E-state index in [9.17, 15) is 14.7 Å². The van der Waals surface area contributed by atoms with E-state index in [0.29, 0.717) is 10.2 Å². The third kappa shape index (κ3) is 1.74. The molecule has 0 bridgehead atoms. The smallest absolute Gasteiger partial charge is 0.262 e. The van der Waals surface area contributed by atoms with Crippen molar-refractivity contribution in [3.63, 3.8) is 0 Å². The highest BCUT2D eigenvalue weighted by Gasteiger charge is 2.15. The maximum atomic E-state index is 12.1. The maximum absolute atomic E-state index is 12.1. The van der Waals surface area contributed by atoms with Gasteiger partial charge in [0.2, 0.25) is 0 Å². The summed E-state index contributed by atoms with van der Waals surface area (Å²) in [5.74, 6) is -1.29. The third-order valence-electron chi connectivity index (χ3n) is 2.87. The Labute approximate surface area is 101 Å². The Morgan fingerprint density at radius 2 is 2.18 bits per heavy atom. The van der Waals surface area contributed by atoms with E-state index in [2.05, 4.69) is 4.98 Å². The average Bonchev–Trinajstić information content (AvgIpc) is 2.55. The number of carbonyl (C=O) groups is 1. The van der Waals surface area contributed by atoms with Crippen LogP contribution < -0.4 is 10.7 Å². The summed E-state index contributed by atoms with van der Waals surface area (Å²) in [6.07, 6.45) is 1.26. The zero-order valence-corrected chi connectivity index (χ0v) is 10.5. The Kier molecular flexibility index (Phi) is 2.74. The van der Waals surface area contributed by atoms with Crippen LogP contribution in [0.2, 0.25) is 0 Å². The van der Waals surface area contributed by atoms with Gasteiger partial charge < -0.3 is 9.90 Å². The van der Waals surface area contributed by atoms with Gasteiger partial charge in [-0.15, -0.1) is 11.3 Å². The van der Waals surface area contributed by atoms with Crippen LogP contribution in [0.3, 0.4) is 0 Å². The van der Waals surface area contributed by atoms with Gasteiger partial charge in [-0.05, 0) is 26.3 Å². The fraction of sp³-hybridized carbons (Fsp3) is 0.364. The summed E-state index contributed by atoms with van der Waals surface area (Å²) >= 11 is 1.43. The number of carboxylic acid groups (broad SMARTS) is 1. The SMILES string of the molecule is Cc1sc2ncn([C@H](C)C(=O)[O-])c(=O)c2c1C. The zero-order chi connectivity index (χ0) is 12.7. The van der Waals surface area contributed by atoms with Crippen LogP contribution in [0.15, 0.2) is 11.1 Å². The second-order valence-corrected chi connectivity index (χ2v) is 5.12. The van der Waals surface area contributed by atoms with Crippen molar-refractivity contribution in [1.82, 2.24) is 9.55 Å². The number of fused-ring (bicyclic) bond motifs is 1. The number of carboxylic acids is 1. The lowest BCUT2D eigenvalue weighted by Gasteiger charge is -2.15.